The fourth-order valence-electron chi connectivity index (χ4n) is 1.53. The number of alkyl halides is 4. The summed E-state index contributed by atoms with van der Waals surface area (Å²) in [6.45, 7) is -0.269. The van der Waals surface area contributed by atoms with Gasteiger partial charge in [-0.15, -0.1) is 0 Å². The van der Waals surface area contributed by atoms with Gasteiger partial charge in [0, 0.05) is 32.7 Å². The first kappa shape index (κ1) is 18.2. The zero-order chi connectivity index (χ0) is 11.4. The third-order valence-corrected chi connectivity index (χ3v) is 2.40. The molecule has 0 aromatic rings. The van der Waals surface area contributed by atoms with Gasteiger partial charge in [-0.2, -0.15) is 6.42 Å². The molecule has 0 saturated heterocycles. The third-order valence-electron chi connectivity index (χ3n) is 2.40. The van der Waals surface area contributed by atoms with Crippen molar-refractivity contribution in [3.63, 3.8) is 0 Å². The van der Waals surface area contributed by atoms with E-state index in [0.717, 1.165) is 6.92 Å². The Morgan fingerprint density at radius 3 is 2.13 bits per heavy atom. The van der Waals surface area contributed by atoms with Crippen LogP contribution in [0.2, 0.25) is 0 Å². The van der Waals surface area contributed by atoms with Crippen molar-refractivity contribution in [1.29, 1.82) is 0 Å². The van der Waals surface area contributed by atoms with Crippen molar-refractivity contribution >= 4 is 0 Å². The molecule has 0 spiro atoms. The molecule has 1 nitrogen and oxygen atoms in total. The molecule has 2 unspecified atom stereocenters. The Hall–Kier alpha value is 0.784. The Balaban J connectivity index is 0. The molecule has 1 rings (SSSR count). The van der Waals surface area contributed by atoms with E-state index in [9.17, 15) is 17.6 Å². The Labute approximate surface area is 112 Å². The maximum Gasteiger partial charge on any atom is 0.140 e. The molecule has 0 bridgehead atoms. The van der Waals surface area contributed by atoms with Crippen molar-refractivity contribution in [1.82, 2.24) is 0 Å². The van der Waals surface area contributed by atoms with Crippen molar-refractivity contribution in [2.45, 2.75) is 31.4 Å². The first-order valence-corrected chi connectivity index (χ1v) is 4.19. The Morgan fingerprint density at radius 1 is 1.40 bits per heavy atom. The van der Waals surface area contributed by atoms with E-state index in [-0.39, 0.29) is 45.6 Å². The smallest absolute Gasteiger partial charge is 0.140 e. The number of aliphatic hydroxyl groups is 1. The summed E-state index contributed by atoms with van der Waals surface area (Å²) < 4.78 is 51.1. The molecule has 1 saturated carbocycles. The fourth-order valence-corrected chi connectivity index (χ4v) is 1.53. The molecule has 15 heavy (non-hydrogen) atoms. The molecule has 1 fully saturated rings. The number of rotatable bonds is 1. The van der Waals surface area contributed by atoms with Gasteiger partial charge in [-0.25, -0.2) is 20.3 Å². The Bertz CT molecular complexity index is 159. The maximum atomic E-state index is 13.3. The largest absolute Gasteiger partial charge is 0.569 e. The van der Waals surface area contributed by atoms with Crippen LogP contribution in [0.1, 0.15) is 19.8 Å². The molecule has 1 aliphatic rings. The fraction of sp³-hybridized carbons (Fsp3) is 0.778. The van der Waals surface area contributed by atoms with Gasteiger partial charge in [-0.3, -0.25) is 10.8 Å². The van der Waals surface area contributed by atoms with Gasteiger partial charge in [-0.1, -0.05) is 0 Å². The van der Waals surface area contributed by atoms with Gasteiger partial charge >= 0.3 is 0 Å². The first-order valence-electron chi connectivity index (χ1n) is 4.19. The standard InChI is InChI=1S/C8H11F4.CH3O.Y/c1-7(10)3-2-4-8(11,12)6(7)5-9;1-2;/h4,6H,2-3,5H2,1H3;2H,1H2;/q2*-1;. The summed E-state index contributed by atoms with van der Waals surface area (Å²) in [5, 5.41) is 6.75. The number of hydrogen-bond donors (Lipinski definition) is 1. The minimum absolute atomic E-state index is 0. The van der Waals surface area contributed by atoms with Crippen LogP contribution in [0.5, 0.6) is 0 Å². The van der Waals surface area contributed by atoms with E-state index in [2.05, 4.69) is 7.11 Å². The molecule has 0 aromatic carbocycles. The van der Waals surface area contributed by atoms with Crippen LogP contribution in [0, 0.1) is 19.4 Å². The normalized spacial score (nSPS) is 33.4. The minimum atomic E-state index is -3.30. The molecular weight excluding hydrogens is 289 g/mol. The number of halogens is 4. The molecule has 1 N–H and O–H groups in total. The molecule has 0 aliphatic heterocycles. The average Bonchev–Trinajstić information content (AvgIpc) is 2.05. The monoisotopic (exact) mass is 303 g/mol. The van der Waals surface area contributed by atoms with Crippen LogP contribution in [-0.4, -0.2) is 23.4 Å². The second kappa shape index (κ2) is 7.18. The third kappa shape index (κ3) is 4.65. The summed E-state index contributed by atoms with van der Waals surface area (Å²) in [6, 6.07) is 0. The SMILES string of the molecule is CC1(F)CC[CH-]C(F)(F)C1CF.[CH2-]O.[Y]. The summed E-state index contributed by atoms with van der Waals surface area (Å²) in [5.74, 6) is -5.10. The zero-order valence-electron chi connectivity index (χ0n) is 8.52. The van der Waals surface area contributed by atoms with E-state index in [4.69, 9.17) is 5.11 Å². The summed E-state index contributed by atoms with van der Waals surface area (Å²) >= 11 is 0. The Kier molecular flexibility index (Phi) is 8.69. The van der Waals surface area contributed by atoms with Crippen LogP contribution in [0.3, 0.4) is 0 Å². The number of aliphatic hydroxyl groups excluding tert-OH is 1. The minimum Gasteiger partial charge on any atom is -0.569 e. The van der Waals surface area contributed by atoms with Gasteiger partial charge in [0.25, 0.3) is 0 Å². The molecule has 0 amide bonds. The number of hydrogen-bond acceptors (Lipinski definition) is 1. The van der Waals surface area contributed by atoms with Crippen molar-refractivity contribution in [2.75, 3.05) is 6.67 Å². The quantitative estimate of drug-likeness (QED) is 0.583. The second-order valence-electron chi connectivity index (χ2n) is 3.40. The van der Waals surface area contributed by atoms with Crippen molar-refractivity contribution in [3.05, 3.63) is 13.5 Å². The van der Waals surface area contributed by atoms with Crippen LogP contribution < -0.4 is 0 Å². The molecule has 89 valence electrons. The van der Waals surface area contributed by atoms with E-state index >= 15 is 0 Å². The summed E-state index contributed by atoms with van der Waals surface area (Å²) in [7, 11) is 2.25. The predicted molar refractivity (Wildman–Crippen MR) is 44.8 cm³/mol. The van der Waals surface area contributed by atoms with Crippen molar-refractivity contribution in [2.24, 2.45) is 5.92 Å². The molecule has 0 aromatic heterocycles. The van der Waals surface area contributed by atoms with Gasteiger partial charge in [0.1, 0.15) is 11.6 Å². The van der Waals surface area contributed by atoms with Gasteiger partial charge in [0.2, 0.25) is 0 Å². The second-order valence-corrected chi connectivity index (χ2v) is 3.40. The van der Waals surface area contributed by atoms with Crippen LogP contribution in [0.25, 0.3) is 0 Å². The van der Waals surface area contributed by atoms with Crippen LogP contribution in [0.4, 0.5) is 17.6 Å². The van der Waals surface area contributed by atoms with Gasteiger partial charge in [0.05, 0.1) is 12.6 Å². The summed E-state index contributed by atoms with van der Waals surface area (Å²) in [6.07, 6.45) is 0.701. The summed E-state index contributed by atoms with van der Waals surface area (Å²) in [4.78, 5) is 0. The van der Waals surface area contributed by atoms with Gasteiger partial charge in [0.15, 0.2) is 0 Å². The van der Waals surface area contributed by atoms with Crippen LogP contribution >= 0.6 is 0 Å². The molecule has 1 radical (unpaired) electrons. The molecule has 0 heterocycles. The summed E-state index contributed by atoms with van der Waals surface area (Å²) in [5.41, 5.74) is -2.08. The zero-order valence-corrected chi connectivity index (χ0v) is 11.4. The molecule has 6 heteroatoms. The topological polar surface area (TPSA) is 20.2 Å². The van der Waals surface area contributed by atoms with E-state index in [0.29, 0.717) is 6.42 Å². The average molecular weight is 303 g/mol. The van der Waals surface area contributed by atoms with Gasteiger partial charge < -0.3 is 5.11 Å². The molecular formula is C9H14F4OY-2. The Morgan fingerprint density at radius 2 is 1.87 bits per heavy atom. The van der Waals surface area contributed by atoms with E-state index in [1.807, 2.05) is 0 Å². The van der Waals surface area contributed by atoms with E-state index < -0.39 is 24.2 Å². The molecule has 2 atom stereocenters. The van der Waals surface area contributed by atoms with E-state index in [1.54, 1.807) is 0 Å². The molecule has 1 aliphatic carbocycles. The van der Waals surface area contributed by atoms with Crippen LogP contribution in [0.15, 0.2) is 0 Å². The maximum absolute atomic E-state index is 13.3. The van der Waals surface area contributed by atoms with Crippen molar-refractivity contribution < 1.29 is 55.4 Å². The predicted octanol–water partition coefficient (Wildman–Crippen LogP) is 3.08. The van der Waals surface area contributed by atoms with E-state index in [1.165, 1.54) is 0 Å². The van der Waals surface area contributed by atoms with Crippen LogP contribution in [-0.2, 0) is 32.7 Å². The first-order chi connectivity index (χ1) is 6.40. The van der Waals surface area contributed by atoms with Gasteiger partial charge in [-0.05, 0) is 13.3 Å². The van der Waals surface area contributed by atoms with Crippen molar-refractivity contribution in [3.8, 4) is 0 Å².